The fourth-order valence-electron chi connectivity index (χ4n) is 1.93. The SMILES string of the molecule is CCCc1cccc2ccc(OC)cc12. The minimum absolute atomic E-state index is 0.936. The second-order valence-corrected chi connectivity index (χ2v) is 3.75. The van der Waals surface area contributed by atoms with Gasteiger partial charge in [-0.05, 0) is 34.9 Å². The van der Waals surface area contributed by atoms with Crippen LogP contribution in [0.2, 0.25) is 0 Å². The second-order valence-electron chi connectivity index (χ2n) is 3.75. The van der Waals surface area contributed by atoms with E-state index >= 15 is 0 Å². The Bertz CT molecular complexity index is 460. The summed E-state index contributed by atoms with van der Waals surface area (Å²) in [6, 6.07) is 12.7. The predicted molar refractivity (Wildman–Crippen MR) is 64.5 cm³/mol. The van der Waals surface area contributed by atoms with Crippen LogP contribution in [0.25, 0.3) is 10.8 Å². The Hall–Kier alpha value is -1.50. The molecular weight excluding hydrogens is 184 g/mol. The summed E-state index contributed by atoms with van der Waals surface area (Å²) in [6.45, 7) is 2.21. The molecule has 0 bridgehead atoms. The van der Waals surface area contributed by atoms with Gasteiger partial charge in [0.2, 0.25) is 0 Å². The largest absolute Gasteiger partial charge is 0.497 e. The predicted octanol–water partition coefficient (Wildman–Crippen LogP) is 3.80. The normalized spacial score (nSPS) is 10.5. The van der Waals surface area contributed by atoms with Crippen molar-refractivity contribution in [3.05, 3.63) is 42.0 Å². The molecule has 78 valence electrons. The van der Waals surface area contributed by atoms with E-state index in [9.17, 15) is 0 Å². The van der Waals surface area contributed by atoms with Crippen LogP contribution in [0.3, 0.4) is 0 Å². The van der Waals surface area contributed by atoms with Crippen LogP contribution < -0.4 is 4.74 Å². The highest BCUT2D eigenvalue weighted by molar-refractivity contribution is 5.87. The van der Waals surface area contributed by atoms with Crippen molar-refractivity contribution in [2.24, 2.45) is 0 Å². The van der Waals surface area contributed by atoms with Gasteiger partial charge in [0.25, 0.3) is 0 Å². The Balaban J connectivity index is 2.59. The van der Waals surface area contributed by atoms with E-state index in [-0.39, 0.29) is 0 Å². The molecule has 0 aromatic heterocycles. The van der Waals surface area contributed by atoms with Gasteiger partial charge < -0.3 is 4.74 Å². The maximum atomic E-state index is 5.26. The van der Waals surface area contributed by atoms with Crippen LogP contribution in [0, 0.1) is 0 Å². The fourth-order valence-corrected chi connectivity index (χ4v) is 1.93. The number of rotatable bonds is 3. The number of hydrogen-bond donors (Lipinski definition) is 0. The molecule has 0 aliphatic carbocycles. The van der Waals surface area contributed by atoms with Crippen molar-refractivity contribution >= 4 is 10.8 Å². The fraction of sp³-hybridized carbons (Fsp3) is 0.286. The number of fused-ring (bicyclic) bond motifs is 1. The Labute approximate surface area is 90.7 Å². The molecule has 0 spiro atoms. The molecule has 0 fully saturated rings. The van der Waals surface area contributed by atoms with Gasteiger partial charge in [0, 0.05) is 0 Å². The standard InChI is InChI=1S/C14H16O/c1-3-5-11-6-4-7-12-8-9-13(15-2)10-14(11)12/h4,6-10H,3,5H2,1-2H3. The highest BCUT2D eigenvalue weighted by Crippen LogP contribution is 2.24. The molecular formula is C14H16O. The molecule has 0 saturated carbocycles. The molecule has 0 saturated heterocycles. The van der Waals surface area contributed by atoms with E-state index in [1.54, 1.807) is 7.11 Å². The zero-order valence-corrected chi connectivity index (χ0v) is 9.29. The van der Waals surface area contributed by atoms with Gasteiger partial charge in [-0.15, -0.1) is 0 Å². The van der Waals surface area contributed by atoms with E-state index in [2.05, 4.69) is 37.3 Å². The van der Waals surface area contributed by atoms with Crippen LogP contribution in [0.15, 0.2) is 36.4 Å². The van der Waals surface area contributed by atoms with Gasteiger partial charge in [0.15, 0.2) is 0 Å². The monoisotopic (exact) mass is 200 g/mol. The lowest BCUT2D eigenvalue weighted by atomic mass is 10.0. The van der Waals surface area contributed by atoms with Gasteiger partial charge in [-0.3, -0.25) is 0 Å². The summed E-state index contributed by atoms with van der Waals surface area (Å²) in [5.74, 6) is 0.936. The minimum atomic E-state index is 0.936. The maximum Gasteiger partial charge on any atom is 0.119 e. The van der Waals surface area contributed by atoms with Crippen molar-refractivity contribution in [2.75, 3.05) is 7.11 Å². The quantitative estimate of drug-likeness (QED) is 0.732. The van der Waals surface area contributed by atoms with Gasteiger partial charge in [-0.2, -0.15) is 0 Å². The van der Waals surface area contributed by atoms with Crippen molar-refractivity contribution in [1.82, 2.24) is 0 Å². The van der Waals surface area contributed by atoms with Crippen LogP contribution in [-0.2, 0) is 6.42 Å². The molecule has 0 aliphatic heterocycles. The average molecular weight is 200 g/mol. The van der Waals surface area contributed by atoms with E-state index in [1.165, 1.54) is 22.8 Å². The van der Waals surface area contributed by atoms with Gasteiger partial charge in [0.05, 0.1) is 7.11 Å². The van der Waals surface area contributed by atoms with E-state index in [4.69, 9.17) is 4.74 Å². The first-order valence-electron chi connectivity index (χ1n) is 5.41. The van der Waals surface area contributed by atoms with Crippen LogP contribution >= 0.6 is 0 Å². The summed E-state index contributed by atoms with van der Waals surface area (Å²) in [5, 5.41) is 2.61. The van der Waals surface area contributed by atoms with Gasteiger partial charge in [-0.25, -0.2) is 0 Å². The third-order valence-electron chi connectivity index (χ3n) is 2.70. The number of methoxy groups -OCH3 is 1. The average Bonchev–Trinajstić information content (AvgIpc) is 2.29. The third kappa shape index (κ3) is 1.96. The molecule has 0 heterocycles. The third-order valence-corrected chi connectivity index (χ3v) is 2.70. The van der Waals surface area contributed by atoms with Crippen LogP contribution in [0.5, 0.6) is 5.75 Å². The molecule has 2 aromatic rings. The number of ether oxygens (including phenoxy) is 1. The van der Waals surface area contributed by atoms with Crippen molar-refractivity contribution in [3.8, 4) is 5.75 Å². The van der Waals surface area contributed by atoms with E-state index in [1.807, 2.05) is 6.07 Å². The molecule has 2 rings (SSSR count). The van der Waals surface area contributed by atoms with E-state index in [0.29, 0.717) is 0 Å². The molecule has 0 radical (unpaired) electrons. The molecule has 0 N–H and O–H groups in total. The van der Waals surface area contributed by atoms with Crippen molar-refractivity contribution < 1.29 is 4.74 Å². The molecule has 2 aromatic carbocycles. The van der Waals surface area contributed by atoms with Gasteiger partial charge in [0.1, 0.15) is 5.75 Å². The molecule has 0 atom stereocenters. The smallest absolute Gasteiger partial charge is 0.119 e. The first-order chi connectivity index (χ1) is 7.35. The Morgan fingerprint density at radius 1 is 1.13 bits per heavy atom. The molecule has 0 amide bonds. The van der Waals surface area contributed by atoms with Crippen LogP contribution in [-0.4, -0.2) is 7.11 Å². The summed E-state index contributed by atoms with van der Waals surface area (Å²) < 4.78 is 5.26. The first-order valence-corrected chi connectivity index (χ1v) is 5.41. The summed E-state index contributed by atoms with van der Waals surface area (Å²) in [4.78, 5) is 0. The van der Waals surface area contributed by atoms with Crippen molar-refractivity contribution in [3.63, 3.8) is 0 Å². The summed E-state index contributed by atoms with van der Waals surface area (Å²) in [6.07, 6.45) is 2.31. The summed E-state index contributed by atoms with van der Waals surface area (Å²) in [5.41, 5.74) is 1.41. The number of benzene rings is 2. The second kappa shape index (κ2) is 4.35. The van der Waals surface area contributed by atoms with Crippen molar-refractivity contribution in [1.29, 1.82) is 0 Å². The highest BCUT2D eigenvalue weighted by Gasteiger charge is 2.01. The van der Waals surface area contributed by atoms with Crippen LogP contribution in [0.1, 0.15) is 18.9 Å². The molecule has 1 nitrogen and oxygen atoms in total. The van der Waals surface area contributed by atoms with Crippen molar-refractivity contribution in [2.45, 2.75) is 19.8 Å². The maximum absolute atomic E-state index is 5.26. The van der Waals surface area contributed by atoms with Crippen LogP contribution in [0.4, 0.5) is 0 Å². The van der Waals surface area contributed by atoms with E-state index < -0.39 is 0 Å². The number of hydrogen-bond acceptors (Lipinski definition) is 1. The van der Waals surface area contributed by atoms with E-state index in [0.717, 1.165) is 12.2 Å². The zero-order chi connectivity index (χ0) is 10.7. The lowest BCUT2D eigenvalue weighted by Crippen LogP contribution is -1.87. The molecule has 15 heavy (non-hydrogen) atoms. The lowest BCUT2D eigenvalue weighted by Gasteiger charge is -2.07. The molecule has 1 heteroatoms. The first kappa shape index (κ1) is 10.0. The summed E-state index contributed by atoms with van der Waals surface area (Å²) in [7, 11) is 1.71. The Kier molecular flexibility index (Phi) is 2.91. The topological polar surface area (TPSA) is 9.23 Å². The Morgan fingerprint density at radius 2 is 2.00 bits per heavy atom. The minimum Gasteiger partial charge on any atom is -0.497 e. The summed E-state index contributed by atoms with van der Waals surface area (Å²) >= 11 is 0. The van der Waals surface area contributed by atoms with Gasteiger partial charge in [-0.1, -0.05) is 37.6 Å². The van der Waals surface area contributed by atoms with Gasteiger partial charge >= 0.3 is 0 Å². The molecule has 0 aliphatic rings. The zero-order valence-electron chi connectivity index (χ0n) is 9.29. The lowest BCUT2D eigenvalue weighted by molar-refractivity contribution is 0.415. The molecule has 0 unspecified atom stereocenters. The highest BCUT2D eigenvalue weighted by atomic mass is 16.5. The Morgan fingerprint density at radius 3 is 2.73 bits per heavy atom. The number of aryl methyl sites for hydroxylation is 1.